The van der Waals surface area contributed by atoms with E-state index in [1.807, 2.05) is 51.4 Å². The molecular weight excluding hydrogens is 294 g/mol. The number of hydrogen-bond donors (Lipinski definition) is 0. The number of hydrogen-bond acceptors (Lipinski definition) is 2. The van der Waals surface area contributed by atoms with Gasteiger partial charge in [-0.1, -0.05) is 60.2 Å². The van der Waals surface area contributed by atoms with Crippen LogP contribution in [0.15, 0.2) is 54.6 Å². The molecule has 122 valence electrons. The van der Waals surface area contributed by atoms with Crippen molar-refractivity contribution >= 4 is 16.6 Å². The Kier molecular flexibility index (Phi) is 4.50. The van der Waals surface area contributed by atoms with E-state index in [1.165, 1.54) is 11.1 Å². The van der Waals surface area contributed by atoms with Crippen molar-refractivity contribution in [1.82, 2.24) is 4.90 Å². The van der Waals surface area contributed by atoms with Gasteiger partial charge in [0.25, 0.3) is 0 Å². The van der Waals surface area contributed by atoms with E-state index < -0.39 is 0 Å². The summed E-state index contributed by atoms with van der Waals surface area (Å²) in [4.78, 5) is 15.2. The van der Waals surface area contributed by atoms with Crippen LogP contribution in [0.25, 0.3) is 10.8 Å². The first-order valence-corrected chi connectivity index (χ1v) is 8.24. The fourth-order valence-electron chi connectivity index (χ4n) is 3.13. The highest BCUT2D eigenvalue weighted by Gasteiger charge is 2.15. The SMILES string of the molecule is Cc1ccc2c(C(=O)c3ccc(CN(C)C)cc3)c(C)ccc2c1. The number of fused-ring (bicyclic) bond motifs is 1. The summed E-state index contributed by atoms with van der Waals surface area (Å²) in [5.41, 5.74) is 5.00. The average Bonchev–Trinajstić information content (AvgIpc) is 2.54. The van der Waals surface area contributed by atoms with Gasteiger partial charge in [-0.25, -0.2) is 0 Å². The van der Waals surface area contributed by atoms with Gasteiger partial charge in [0.05, 0.1) is 0 Å². The van der Waals surface area contributed by atoms with Crippen molar-refractivity contribution < 1.29 is 4.79 Å². The first kappa shape index (κ1) is 16.4. The van der Waals surface area contributed by atoms with Crippen LogP contribution in [0.4, 0.5) is 0 Å². The third-order valence-electron chi connectivity index (χ3n) is 4.33. The summed E-state index contributed by atoms with van der Waals surface area (Å²) in [5.74, 6) is 0.0957. The minimum absolute atomic E-state index is 0.0957. The molecule has 0 aliphatic carbocycles. The van der Waals surface area contributed by atoms with E-state index in [0.29, 0.717) is 0 Å². The summed E-state index contributed by atoms with van der Waals surface area (Å²) in [7, 11) is 4.08. The predicted octanol–water partition coefficient (Wildman–Crippen LogP) is 4.75. The molecular formula is C22H23NO. The summed E-state index contributed by atoms with van der Waals surface area (Å²) in [6, 6.07) is 18.3. The molecule has 0 aliphatic rings. The Balaban J connectivity index is 2.03. The molecule has 2 heteroatoms. The summed E-state index contributed by atoms with van der Waals surface area (Å²) >= 11 is 0. The number of ketones is 1. The monoisotopic (exact) mass is 317 g/mol. The van der Waals surface area contributed by atoms with Gasteiger partial charge in [0.1, 0.15) is 0 Å². The van der Waals surface area contributed by atoms with Crippen LogP contribution in [0, 0.1) is 13.8 Å². The van der Waals surface area contributed by atoms with Gasteiger partial charge < -0.3 is 4.90 Å². The average molecular weight is 317 g/mol. The lowest BCUT2D eigenvalue weighted by atomic mass is 9.92. The Bertz CT molecular complexity index is 892. The van der Waals surface area contributed by atoms with Crippen LogP contribution in [0.1, 0.15) is 32.6 Å². The maximum Gasteiger partial charge on any atom is 0.193 e. The quantitative estimate of drug-likeness (QED) is 0.647. The molecule has 3 aromatic carbocycles. The molecule has 3 aromatic rings. The van der Waals surface area contributed by atoms with E-state index in [2.05, 4.69) is 36.1 Å². The van der Waals surface area contributed by atoms with Crippen molar-refractivity contribution in [3.05, 3.63) is 82.4 Å². The zero-order valence-corrected chi connectivity index (χ0v) is 14.8. The van der Waals surface area contributed by atoms with Gasteiger partial charge in [-0.2, -0.15) is 0 Å². The highest BCUT2D eigenvalue weighted by atomic mass is 16.1. The number of aryl methyl sites for hydroxylation is 2. The van der Waals surface area contributed by atoms with E-state index in [4.69, 9.17) is 0 Å². The van der Waals surface area contributed by atoms with Crippen molar-refractivity contribution in [1.29, 1.82) is 0 Å². The van der Waals surface area contributed by atoms with E-state index in [1.54, 1.807) is 0 Å². The van der Waals surface area contributed by atoms with Crippen LogP contribution < -0.4 is 0 Å². The first-order valence-electron chi connectivity index (χ1n) is 8.24. The van der Waals surface area contributed by atoms with Gasteiger partial charge in [0.2, 0.25) is 0 Å². The van der Waals surface area contributed by atoms with Crippen molar-refractivity contribution in [2.45, 2.75) is 20.4 Å². The maximum atomic E-state index is 13.1. The Morgan fingerprint density at radius 2 is 1.62 bits per heavy atom. The van der Waals surface area contributed by atoms with Gasteiger partial charge >= 0.3 is 0 Å². The lowest BCUT2D eigenvalue weighted by Gasteiger charge is -2.12. The Labute approximate surface area is 143 Å². The predicted molar refractivity (Wildman–Crippen MR) is 101 cm³/mol. The third-order valence-corrected chi connectivity index (χ3v) is 4.33. The largest absolute Gasteiger partial charge is 0.305 e. The van der Waals surface area contributed by atoms with E-state index in [9.17, 15) is 4.79 Å². The second-order valence-corrected chi connectivity index (χ2v) is 6.75. The highest BCUT2D eigenvalue weighted by molar-refractivity contribution is 6.17. The van der Waals surface area contributed by atoms with Crippen LogP contribution in [0.2, 0.25) is 0 Å². The van der Waals surface area contributed by atoms with Crippen LogP contribution in [0.3, 0.4) is 0 Å². The number of nitrogens with zero attached hydrogens (tertiary/aromatic N) is 1. The van der Waals surface area contributed by atoms with Crippen LogP contribution in [-0.2, 0) is 6.54 Å². The molecule has 0 bridgehead atoms. The van der Waals surface area contributed by atoms with Gasteiger partial charge in [-0.05, 0) is 49.8 Å². The molecule has 0 saturated carbocycles. The number of benzene rings is 3. The molecule has 0 aromatic heterocycles. The van der Waals surface area contributed by atoms with Gasteiger partial charge in [0.15, 0.2) is 5.78 Å². The highest BCUT2D eigenvalue weighted by Crippen LogP contribution is 2.26. The minimum Gasteiger partial charge on any atom is -0.305 e. The fraction of sp³-hybridized carbons (Fsp3) is 0.227. The van der Waals surface area contributed by atoms with Crippen LogP contribution >= 0.6 is 0 Å². The molecule has 24 heavy (non-hydrogen) atoms. The van der Waals surface area contributed by atoms with Crippen molar-refractivity contribution in [3.8, 4) is 0 Å². The second kappa shape index (κ2) is 6.58. The lowest BCUT2D eigenvalue weighted by molar-refractivity contribution is 0.103. The Morgan fingerprint density at radius 1 is 0.917 bits per heavy atom. The van der Waals surface area contributed by atoms with Crippen molar-refractivity contribution in [2.24, 2.45) is 0 Å². The zero-order chi connectivity index (χ0) is 17.3. The van der Waals surface area contributed by atoms with Crippen molar-refractivity contribution in [2.75, 3.05) is 14.1 Å². The molecule has 0 heterocycles. The van der Waals surface area contributed by atoms with E-state index >= 15 is 0 Å². The Morgan fingerprint density at radius 3 is 2.29 bits per heavy atom. The number of rotatable bonds is 4. The molecule has 0 aliphatic heterocycles. The van der Waals surface area contributed by atoms with Crippen LogP contribution in [-0.4, -0.2) is 24.8 Å². The summed E-state index contributed by atoms with van der Waals surface area (Å²) in [6.07, 6.45) is 0. The standard InChI is InChI=1S/C22H23NO/c1-15-5-12-20-19(13-15)9-6-16(2)21(20)22(24)18-10-7-17(8-11-18)14-23(3)4/h5-13H,14H2,1-4H3. The maximum absolute atomic E-state index is 13.1. The first-order chi connectivity index (χ1) is 11.5. The number of carbonyl (C=O) groups excluding carboxylic acids is 1. The van der Waals surface area contributed by atoms with Gasteiger partial charge in [-0.15, -0.1) is 0 Å². The minimum atomic E-state index is 0.0957. The van der Waals surface area contributed by atoms with E-state index in [-0.39, 0.29) is 5.78 Å². The topological polar surface area (TPSA) is 20.3 Å². The molecule has 0 unspecified atom stereocenters. The number of carbonyl (C=O) groups is 1. The van der Waals surface area contributed by atoms with Gasteiger partial charge in [0, 0.05) is 17.7 Å². The molecule has 0 radical (unpaired) electrons. The third kappa shape index (κ3) is 3.24. The molecule has 0 saturated heterocycles. The lowest BCUT2D eigenvalue weighted by Crippen LogP contribution is -2.11. The van der Waals surface area contributed by atoms with Crippen LogP contribution in [0.5, 0.6) is 0 Å². The molecule has 0 N–H and O–H groups in total. The van der Waals surface area contributed by atoms with Crippen molar-refractivity contribution in [3.63, 3.8) is 0 Å². The normalized spacial score (nSPS) is 11.2. The summed E-state index contributed by atoms with van der Waals surface area (Å²) < 4.78 is 0. The molecule has 3 rings (SSSR count). The molecule has 0 fully saturated rings. The molecule has 0 spiro atoms. The van der Waals surface area contributed by atoms with Gasteiger partial charge in [-0.3, -0.25) is 4.79 Å². The molecule has 0 amide bonds. The zero-order valence-electron chi connectivity index (χ0n) is 14.8. The summed E-state index contributed by atoms with van der Waals surface area (Å²) in [6.45, 7) is 4.96. The second-order valence-electron chi connectivity index (χ2n) is 6.75. The summed E-state index contributed by atoms with van der Waals surface area (Å²) in [5, 5.41) is 2.15. The smallest absolute Gasteiger partial charge is 0.193 e. The molecule has 2 nitrogen and oxygen atoms in total. The molecule has 0 atom stereocenters. The Hall–Kier alpha value is -2.45. The van der Waals surface area contributed by atoms with E-state index in [0.717, 1.165) is 34.0 Å². The fourth-order valence-corrected chi connectivity index (χ4v) is 3.13.